The molecule has 0 saturated carbocycles. The Labute approximate surface area is 182 Å². The smallest absolute Gasteiger partial charge is 0.326 e. The van der Waals surface area contributed by atoms with Crippen LogP contribution in [0, 0.1) is 11.8 Å². The summed E-state index contributed by atoms with van der Waals surface area (Å²) in [7, 11) is 0. The van der Waals surface area contributed by atoms with Gasteiger partial charge in [0.05, 0.1) is 12.5 Å². The summed E-state index contributed by atoms with van der Waals surface area (Å²) in [4.78, 5) is 62.4. The third-order valence-corrected chi connectivity index (χ3v) is 5.66. The number of hydrogen-bond acceptors (Lipinski definition) is 6. The summed E-state index contributed by atoms with van der Waals surface area (Å²) in [6.07, 6.45) is 0.854. The zero-order valence-corrected chi connectivity index (χ0v) is 18.6. The Morgan fingerprint density at radius 2 is 1.71 bits per heavy atom. The van der Waals surface area contributed by atoms with Gasteiger partial charge in [-0.1, -0.05) is 34.1 Å². The Hall–Kier alpha value is -2.69. The number of nitrogens with zero attached hydrogens (tertiary/aromatic N) is 1. The fourth-order valence-electron chi connectivity index (χ4n) is 3.40. The maximum atomic E-state index is 13.0. The molecule has 1 saturated heterocycles. The van der Waals surface area contributed by atoms with Crippen LogP contribution >= 0.6 is 0 Å². The Morgan fingerprint density at radius 3 is 2.19 bits per heavy atom. The van der Waals surface area contributed by atoms with Crippen LogP contribution in [0.15, 0.2) is 0 Å². The van der Waals surface area contributed by atoms with E-state index >= 15 is 0 Å². The molecule has 0 radical (unpaired) electrons. The number of rotatable bonds is 11. The number of likely N-dealkylation sites (tertiary alicyclic amines) is 1. The first-order valence-electron chi connectivity index (χ1n) is 10.6. The van der Waals surface area contributed by atoms with Crippen LogP contribution in [0.5, 0.6) is 0 Å². The molecule has 7 N–H and O–H groups in total. The maximum Gasteiger partial charge on any atom is 0.326 e. The number of nitrogens with two attached hydrogens (primary N) is 2. The number of aliphatic carboxylic acids is 1. The molecule has 1 aliphatic rings. The van der Waals surface area contributed by atoms with Crippen molar-refractivity contribution < 1.29 is 29.1 Å². The lowest BCUT2D eigenvalue weighted by molar-refractivity contribution is -0.149. The molecule has 0 spiro atoms. The van der Waals surface area contributed by atoms with Crippen molar-refractivity contribution in [1.82, 2.24) is 15.5 Å². The van der Waals surface area contributed by atoms with Gasteiger partial charge in [0, 0.05) is 6.54 Å². The van der Waals surface area contributed by atoms with Gasteiger partial charge in [-0.25, -0.2) is 4.79 Å². The molecule has 11 heteroatoms. The number of hydrogen-bond donors (Lipinski definition) is 5. The van der Waals surface area contributed by atoms with Crippen molar-refractivity contribution in [3.8, 4) is 0 Å². The lowest BCUT2D eigenvalue weighted by Gasteiger charge is -2.30. The summed E-state index contributed by atoms with van der Waals surface area (Å²) in [6, 6.07) is -4.15. The Balaban J connectivity index is 3.05. The second kappa shape index (κ2) is 11.6. The fourth-order valence-corrected chi connectivity index (χ4v) is 3.40. The van der Waals surface area contributed by atoms with Crippen molar-refractivity contribution in [1.29, 1.82) is 0 Å². The van der Waals surface area contributed by atoms with Gasteiger partial charge in [0.2, 0.25) is 23.6 Å². The predicted molar refractivity (Wildman–Crippen MR) is 112 cm³/mol. The van der Waals surface area contributed by atoms with Gasteiger partial charge in [-0.05, 0) is 24.7 Å². The molecular weight excluding hydrogens is 406 g/mol. The third-order valence-electron chi connectivity index (χ3n) is 5.66. The summed E-state index contributed by atoms with van der Waals surface area (Å²) in [5.74, 6) is -4.26. The topological polar surface area (TPSA) is 185 Å². The second-order valence-corrected chi connectivity index (χ2v) is 8.40. The zero-order valence-electron chi connectivity index (χ0n) is 18.6. The average molecular weight is 442 g/mol. The van der Waals surface area contributed by atoms with Crippen LogP contribution in [0.2, 0.25) is 0 Å². The minimum Gasteiger partial charge on any atom is -0.480 e. The molecule has 0 aromatic carbocycles. The molecule has 0 aromatic heterocycles. The molecule has 4 amide bonds. The normalized spacial score (nSPS) is 19.9. The number of carbonyl (C=O) groups excluding carboxylic acids is 4. The molecule has 1 heterocycles. The molecular formula is C20H35N5O6. The van der Waals surface area contributed by atoms with Crippen molar-refractivity contribution in [3.63, 3.8) is 0 Å². The number of primary amides is 1. The van der Waals surface area contributed by atoms with Crippen molar-refractivity contribution in [2.45, 2.75) is 77.5 Å². The SMILES string of the molecule is CCC(C)C(NC(=O)C(N)C(C)C)C(=O)NC(CC(N)=O)C(=O)N1CCCC1C(=O)O. The minimum absolute atomic E-state index is 0.145. The van der Waals surface area contributed by atoms with E-state index in [1.807, 2.05) is 6.92 Å². The largest absolute Gasteiger partial charge is 0.480 e. The molecule has 1 aliphatic heterocycles. The number of amides is 4. The van der Waals surface area contributed by atoms with Crippen LogP contribution in [0.1, 0.15) is 53.4 Å². The number of carboxylic acids is 1. The van der Waals surface area contributed by atoms with Crippen LogP contribution in [0.25, 0.3) is 0 Å². The first-order chi connectivity index (χ1) is 14.4. The van der Waals surface area contributed by atoms with Gasteiger partial charge in [0.1, 0.15) is 18.1 Å². The van der Waals surface area contributed by atoms with Gasteiger partial charge < -0.3 is 32.1 Å². The summed E-state index contributed by atoms with van der Waals surface area (Å²) in [5, 5.41) is 14.5. The van der Waals surface area contributed by atoms with Crippen molar-refractivity contribution in [2.24, 2.45) is 23.3 Å². The van der Waals surface area contributed by atoms with Gasteiger partial charge in [-0.3, -0.25) is 19.2 Å². The Bertz CT molecular complexity index is 698. The van der Waals surface area contributed by atoms with Crippen molar-refractivity contribution >= 4 is 29.6 Å². The number of carboxylic acid groups (broad SMARTS) is 1. The summed E-state index contributed by atoms with van der Waals surface area (Å²) >= 11 is 0. The summed E-state index contributed by atoms with van der Waals surface area (Å²) < 4.78 is 0. The minimum atomic E-state index is -1.33. The Kier molecular flexibility index (Phi) is 9.89. The predicted octanol–water partition coefficient (Wildman–Crippen LogP) is -1.06. The van der Waals surface area contributed by atoms with Gasteiger partial charge in [0.25, 0.3) is 0 Å². The molecule has 1 rings (SSSR count). The Morgan fingerprint density at radius 1 is 1.10 bits per heavy atom. The highest BCUT2D eigenvalue weighted by molar-refractivity contribution is 5.96. The van der Waals surface area contributed by atoms with Crippen LogP contribution in [0.4, 0.5) is 0 Å². The van der Waals surface area contributed by atoms with Crippen LogP contribution in [0.3, 0.4) is 0 Å². The van der Waals surface area contributed by atoms with E-state index in [4.69, 9.17) is 11.5 Å². The fraction of sp³-hybridized carbons (Fsp3) is 0.750. The van der Waals surface area contributed by atoms with Gasteiger partial charge in [-0.15, -0.1) is 0 Å². The standard InChI is InChI=1S/C20H35N5O6/c1-5-11(4)16(24-17(27)15(22)10(2)3)18(28)23-12(9-14(21)26)19(29)25-8-6-7-13(25)20(30)31/h10-13,15-16H,5-9,22H2,1-4H3,(H2,21,26)(H,23,28)(H,24,27)(H,30,31). The van der Waals surface area contributed by atoms with Crippen LogP contribution in [-0.2, 0) is 24.0 Å². The van der Waals surface area contributed by atoms with E-state index in [-0.39, 0.29) is 24.8 Å². The monoisotopic (exact) mass is 441 g/mol. The van der Waals surface area contributed by atoms with Gasteiger partial charge in [0.15, 0.2) is 0 Å². The zero-order chi connectivity index (χ0) is 23.9. The molecule has 5 unspecified atom stereocenters. The number of nitrogens with one attached hydrogen (secondary N) is 2. The molecule has 176 valence electrons. The van der Waals surface area contributed by atoms with E-state index in [1.165, 1.54) is 0 Å². The molecule has 11 nitrogen and oxygen atoms in total. The quantitative estimate of drug-likeness (QED) is 0.270. The lowest BCUT2D eigenvalue weighted by Crippen LogP contribution is -2.59. The first kappa shape index (κ1) is 26.3. The molecule has 5 atom stereocenters. The average Bonchev–Trinajstić information content (AvgIpc) is 3.19. The van der Waals surface area contributed by atoms with Crippen molar-refractivity contribution in [3.05, 3.63) is 0 Å². The van der Waals surface area contributed by atoms with E-state index in [1.54, 1.807) is 20.8 Å². The molecule has 0 bridgehead atoms. The molecule has 0 aromatic rings. The summed E-state index contributed by atoms with van der Waals surface area (Å²) in [5.41, 5.74) is 11.1. The van der Waals surface area contributed by atoms with Crippen LogP contribution < -0.4 is 22.1 Å². The highest BCUT2D eigenvalue weighted by Gasteiger charge is 2.39. The number of carbonyl (C=O) groups is 5. The maximum absolute atomic E-state index is 13.0. The van der Waals surface area contributed by atoms with Gasteiger partial charge >= 0.3 is 5.97 Å². The molecule has 1 fully saturated rings. The van der Waals surface area contributed by atoms with E-state index < -0.39 is 60.2 Å². The van der Waals surface area contributed by atoms with E-state index in [0.29, 0.717) is 12.8 Å². The molecule has 31 heavy (non-hydrogen) atoms. The van der Waals surface area contributed by atoms with E-state index in [9.17, 15) is 29.1 Å². The van der Waals surface area contributed by atoms with E-state index in [2.05, 4.69) is 10.6 Å². The van der Waals surface area contributed by atoms with Crippen molar-refractivity contribution in [2.75, 3.05) is 6.54 Å². The highest BCUT2D eigenvalue weighted by Crippen LogP contribution is 2.19. The highest BCUT2D eigenvalue weighted by atomic mass is 16.4. The summed E-state index contributed by atoms with van der Waals surface area (Å²) in [6.45, 7) is 7.36. The second-order valence-electron chi connectivity index (χ2n) is 8.40. The molecule has 0 aliphatic carbocycles. The van der Waals surface area contributed by atoms with E-state index in [0.717, 1.165) is 4.90 Å². The third kappa shape index (κ3) is 7.20. The van der Waals surface area contributed by atoms with Crippen LogP contribution in [-0.4, -0.2) is 70.3 Å². The first-order valence-corrected chi connectivity index (χ1v) is 10.6. The van der Waals surface area contributed by atoms with Gasteiger partial charge in [-0.2, -0.15) is 0 Å². The lowest BCUT2D eigenvalue weighted by atomic mass is 9.96.